The van der Waals surface area contributed by atoms with Gasteiger partial charge in [-0.1, -0.05) is 0 Å². The van der Waals surface area contributed by atoms with Crippen molar-refractivity contribution >= 4 is 5.91 Å². The highest BCUT2D eigenvalue weighted by molar-refractivity contribution is 5.77. The van der Waals surface area contributed by atoms with Gasteiger partial charge >= 0.3 is 0 Å². The van der Waals surface area contributed by atoms with Gasteiger partial charge in [0.1, 0.15) is 5.75 Å². The number of fused-ring (bicyclic) bond motifs is 1. The second-order valence-corrected chi connectivity index (χ2v) is 6.39. The molecule has 0 aromatic carbocycles. The lowest BCUT2D eigenvalue weighted by molar-refractivity contribution is -0.123. The van der Waals surface area contributed by atoms with Crippen LogP contribution in [0.15, 0.2) is 12.3 Å². The zero-order chi connectivity index (χ0) is 16.6. The van der Waals surface area contributed by atoms with Crippen molar-refractivity contribution < 1.29 is 14.3 Å². The maximum Gasteiger partial charge on any atom is 0.257 e. The van der Waals surface area contributed by atoms with E-state index >= 15 is 0 Å². The smallest absolute Gasteiger partial charge is 0.257 e. The molecule has 6 heteroatoms. The van der Waals surface area contributed by atoms with Crippen LogP contribution in [0.4, 0.5) is 0 Å². The third-order valence-electron chi connectivity index (χ3n) is 4.63. The second-order valence-electron chi connectivity index (χ2n) is 6.39. The normalized spacial score (nSPS) is 18.0. The topological polar surface area (TPSA) is 63.7 Å². The van der Waals surface area contributed by atoms with E-state index in [4.69, 9.17) is 9.47 Å². The minimum Gasteiger partial charge on any atom is -0.483 e. The molecular weight excluding hydrogens is 306 g/mol. The van der Waals surface area contributed by atoms with E-state index < -0.39 is 0 Å². The summed E-state index contributed by atoms with van der Waals surface area (Å²) in [6, 6.07) is 1.87. The monoisotopic (exact) mass is 333 g/mol. The maximum atomic E-state index is 12.0. The Bertz CT molecular complexity index is 544. The number of nitrogens with zero attached hydrogens (tertiary/aromatic N) is 2. The minimum absolute atomic E-state index is 0.0571. The molecule has 24 heavy (non-hydrogen) atoms. The van der Waals surface area contributed by atoms with Crippen LogP contribution in [0.25, 0.3) is 0 Å². The third kappa shape index (κ3) is 4.92. The lowest BCUT2D eigenvalue weighted by Gasteiger charge is -2.26. The average Bonchev–Trinajstić information content (AvgIpc) is 2.64. The molecule has 1 aliphatic heterocycles. The number of hydrogen-bond donors (Lipinski definition) is 1. The molecule has 0 atom stereocenters. The summed E-state index contributed by atoms with van der Waals surface area (Å²) in [7, 11) is 0. The van der Waals surface area contributed by atoms with E-state index in [0.717, 1.165) is 63.6 Å². The number of rotatable bonds is 7. The molecule has 1 saturated heterocycles. The van der Waals surface area contributed by atoms with E-state index in [2.05, 4.69) is 15.2 Å². The van der Waals surface area contributed by atoms with Crippen molar-refractivity contribution in [1.82, 2.24) is 15.2 Å². The van der Waals surface area contributed by atoms with Crippen molar-refractivity contribution in [2.24, 2.45) is 0 Å². The first-order valence-electron chi connectivity index (χ1n) is 8.99. The van der Waals surface area contributed by atoms with Gasteiger partial charge in [-0.05, 0) is 44.7 Å². The number of nitrogens with one attached hydrogen (secondary N) is 1. The number of aryl methyl sites for hydroxylation is 1. The summed E-state index contributed by atoms with van der Waals surface area (Å²) >= 11 is 0. The molecule has 1 aromatic rings. The van der Waals surface area contributed by atoms with Crippen molar-refractivity contribution in [3.05, 3.63) is 23.5 Å². The first kappa shape index (κ1) is 17.2. The van der Waals surface area contributed by atoms with Gasteiger partial charge in [0.15, 0.2) is 6.61 Å². The Morgan fingerprint density at radius 3 is 3.00 bits per heavy atom. The minimum atomic E-state index is -0.0571. The molecule has 6 nitrogen and oxygen atoms in total. The van der Waals surface area contributed by atoms with Gasteiger partial charge in [0, 0.05) is 37.1 Å². The van der Waals surface area contributed by atoms with Crippen molar-refractivity contribution in [2.45, 2.75) is 32.1 Å². The van der Waals surface area contributed by atoms with Crippen LogP contribution < -0.4 is 10.1 Å². The molecule has 0 saturated carbocycles. The van der Waals surface area contributed by atoms with Gasteiger partial charge in [0.2, 0.25) is 0 Å². The average molecular weight is 333 g/mol. The summed E-state index contributed by atoms with van der Waals surface area (Å²) in [6.45, 7) is 5.38. The number of carbonyl (C=O) groups is 1. The number of morpholine rings is 1. The summed E-state index contributed by atoms with van der Waals surface area (Å²) in [5, 5.41) is 2.94. The van der Waals surface area contributed by atoms with E-state index in [1.807, 2.05) is 6.07 Å². The molecule has 0 spiro atoms. The summed E-state index contributed by atoms with van der Waals surface area (Å²) in [6.07, 6.45) is 7.10. The van der Waals surface area contributed by atoms with Gasteiger partial charge in [-0.3, -0.25) is 14.7 Å². The van der Waals surface area contributed by atoms with Gasteiger partial charge in [0.05, 0.1) is 13.2 Å². The van der Waals surface area contributed by atoms with E-state index in [1.165, 1.54) is 18.4 Å². The van der Waals surface area contributed by atoms with Crippen molar-refractivity contribution in [1.29, 1.82) is 0 Å². The lowest BCUT2D eigenvalue weighted by Crippen LogP contribution is -2.38. The number of aromatic nitrogens is 1. The lowest BCUT2D eigenvalue weighted by atomic mass is 9.95. The van der Waals surface area contributed by atoms with Crippen LogP contribution in [-0.4, -0.2) is 61.8 Å². The maximum absolute atomic E-state index is 12.0. The van der Waals surface area contributed by atoms with Gasteiger partial charge in [-0.25, -0.2) is 0 Å². The highest BCUT2D eigenvalue weighted by atomic mass is 16.5. The summed E-state index contributed by atoms with van der Waals surface area (Å²) in [4.78, 5) is 18.7. The predicted octanol–water partition coefficient (Wildman–Crippen LogP) is 1.18. The highest BCUT2D eigenvalue weighted by Gasteiger charge is 2.16. The molecule has 2 aliphatic rings. The van der Waals surface area contributed by atoms with Crippen LogP contribution in [0.2, 0.25) is 0 Å². The van der Waals surface area contributed by atoms with E-state index in [9.17, 15) is 4.79 Å². The van der Waals surface area contributed by atoms with Gasteiger partial charge in [-0.2, -0.15) is 0 Å². The molecule has 1 aliphatic carbocycles. The number of amides is 1. The van der Waals surface area contributed by atoms with Crippen LogP contribution in [-0.2, 0) is 22.4 Å². The van der Waals surface area contributed by atoms with Crippen LogP contribution >= 0.6 is 0 Å². The van der Waals surface area contributed by atoms with Crippen LogP contribution in [0, 0.1) is 0 Å². The van der Waals surface area contributed by atoms with Gasteiger partial charge < -0.3 is 14.8 Å². The Hall–Kier alpha value is -1.66. The van der Waals surface area contributed by atoms with Crippen molar-refractivity contribution in [2.75, 3.05) is 46.0 Å². The second kappa shape index (κ2) is 8.99. The Kier molecular flexibility index (Phi) is 6.43. The molecule has 1 fully saturated rings. The fourth-order valence-electron chi connectivity index (χ4n) is 3.28. The first-order chi connectivity index (χ1) is 11.8. The fourth-order valence-corrected chi connectivity index (χ4v) is 3.28. The van der Waals surface area contributed by atoms with Crippen molar-refractivity contribution in [3.8, 4) is 5.75 Å². The molecule has 3 rings (SSSR count). The molecular formula is C18H27N3O3. The van der Waals surface area contributed by atoms with E-state index in [0.29, 0.717) is 6.54 Å². The fraction of sp³-hybridized carbons (Fsp3) is 0.667. The van der Waals surface area contributed by atoms with Crippen LogP contribution in [0.1, 0.15) is 30.5 Å². The summed E-state index contributed by atoms with van der Waals surface area (Å²) in [5.74, 6) is 0.765. The number of pyridine rings is 1. The Morgan fingerprint density at radius 1 is 1.29 bits per heavy atom. The summed E-state index contributed by atoms with van der Waals surface area (Å²) in [5.41, 5.74) is 2.31. The number of ether oxygens (including phenoxy) is 2. The quantitative estimate of drug-likeness (QED) is 0.759. The largest absolute Gasteiger partial charge is 0.483 e. The molecule has 1 aromatic heterocycles. The predicted molar refractivity (Wildman–Crippen MR) is 91.3 cm³/mol. The molecule has 1 N–H and O–H groups in total. The molecule has 0 unspecified atom stereocenters. The Labute approximate surface area is 143 Å². The SMILES string of the molecule is O=C(COc1ccnc2c1CCCC2)NCCCN1CCOCC1. The summed E-state index contributed by atoms with van der Waals surface area (Å²) < 4.78 is 11.1. The van der Waals surface area contributed by atoms with E-state index in [1.54, 1.807) is 6.20 Å². The van der Waals surface area contributed by atoms with E-state index in [-0.39, 0.29) is 12.5 Å². The highest BCUT2D eigenvalue weighted by Crippen LogP contribution is 2.27. The van der Waals surface area contributed by atoms with Gasteiger partial charge in [0.25, 0.3) is 5.91 Å². The zero-order valence-corrected chi connectivity index (χ0v) is 14.3. The Morgan fingerprint density at radius 2 is 2.12 bits per heavy atom. The standard InChI is InChI=1S/C18H27N3O3/c22-18(20-7-3-9-21-10-12-23-13-11-21)14-24-17-6-8-19-16-5-2-1-4-15(16)17/h6,8H,1-5,7,9-14H2,(H,20,22). The number of carbonyl (C=O) groups excluding carboxylic acids is 1. The molecule has 0 bridgehead atoms. The molecule has 132 valence electrons. The van der Waals surface area contributed by atoms with Crippen molar-refractivity contribution in [3.63, 3.8) is 0 Å². The zero-order valence-electron chi connectivity index (χ0n) is 14.3. The third-order valence-corrected chi connectivity index (χ3v) is 4.63. The molecule has 2 heterocycles. The Balaban J connectivity index is 1.35. The van der Waals surface area contributed by atoms with Gasteiger partial charge in [-0.15, -0.1) is 0 Å². The number of hydrogen-bond acceptors (Lipinski definition) is 5. The van der Waals surface area contributed by atoms with Crippen LogP contribution in [0.5, 0.6) is 5.75 Å². The molecule has 0 radical (unpaired) electrons. The first-order valence-corrected chi connectivity index (χ1v) is 8.99. The van der Waals surface area contributed by atoms with Crippen LogP contribution in [0.3, 0.4) is 0 Å². The molecule has 1 amide bonds.